The quantitative estimate of drug-likeness (QED) is 0.287. The molecule has 0 bridgehead atoms. The average Bonchev–Trinajstić information content (AvgIpc) is 3.28. The van der Waals surface area contributed by atoms with E-state index in [1.807, 2.05) is 24.3 Å². The van der Waals surface area contributed by atoms with Gasteiger partial charge in [0.05, 0.1) is 29.8 Å². The highest BCUT2D eigenvalue weighted by Gasteiger charge is 2.47. The van der Waals surface area contributed by atoms with E-state index in [1.165, 1.54) is 6.08 Å². The summed E-state index contributed by atoms with van der Waals surface area (Å²) in [6.07, 6.45) is -4.88. The van der Waals surface area contributed by atoms with Gasteiger partial charge in [-0.05, 0) is 24.5 Å². The zero-order valence-electron chi connectivity index (χ0n) is 19.9. The number of aliphatic hydroxyl groups excluding tert-OH is 4. The molecule has 0 aliphatic carbocycles. The summed E-state index contributed by atoms with van der Waals surface area (Å²) in [6, 6.07) is 7.95. The van der Waals surface area contributed by atoms with Gasteiger partial charge >= 0.3 is 5.97 Å². The van der Waals surface area contributed by atoms with Crippen molar-refractivity contribution in [1.82, 2.24) is 4.98 Å². The summed E-state index contributed by atoms with van der Waals surface area (Å²) in [4.78, 5) is 20.3. The molecular weight excluding hydrogens is 484 g/mol. The van der Waals surface area contributed by atoms with Gasteiger partial charge in [0.15, 0.2) is 6.29 Å². The third kappa shape index (κ3) is 4.58. The molecule has 0 unspecified atom stereocenters. The maximum atomic E-state index is 12.1. The number of aromatic nitrogens is 1. The number of aliphatic imine (C=N–C) groups is 1. The molecule has 1 aromatic heterocycles. The van der Waals surface area contributed by atoms with Crippen LogP contribution in [0.1, 0.15) is 17.7 Å². The van der Waals surface area contributed by atoms with Crippen molar-refractivity contribution in [3.63, 3.8) is 0 Å². The fourth-order valence-corrected chi connectivity index (χ4v) is 5.34. The first kappa shape index (κ1) is 25.6. The maximum absolute atomic E-state index is 12.1. The number of fused-ring (bicyclic) bond motifs is 3. The van der Waals surface area contributed by atoms with Crippen LogP contribution in [0.5, 0.6) is 0 Å². The standard InChI is InChI=1S/C26H30N2O9/c1-2-12-15(9-18-20-14(7-8-27-18)13-5-3-4-6-17(13)28-20)16(24(33)34)11-35-25(12)37-26-23(32)22(31)21(30)19(10-29)36-26/h2-6,11-12,15,19,21-23,25-26,28-32H,1,7-10H2,(H,33,34)/t12-,15+,19-,21-,22+,23-,25+,26+/m1/s1. The van der Waals surface area contributed by atoms with Crippen LogP contribution in [-0.4, -0.2) is 92.3 Å². The summed E-state index contributed by atoms with van der Waals surface area (Å²) in [7, 11) is 0. The van der Waals surface area contributed by atoms with Crippen molar-refractivity contribution in [3.8, 4) is 0 Å². The molecule has 11 heteroatoms. The lowest BCUT2D eigenvalue weighted by Gasteiger charge is -2.43. The van der Waals surface area contributed by atoms with Gasteiger partial charge in [0.1, 0.15) is 24.4 Å². The second-order valence-corrected chi connectivity index (χ2v) is 9.44. The zero-order chi connectivity index (χ0) is 26.3. The number of carboxylic acid groups (broad SMARTS) is 1. The number of hydrogen-bond donors (Lipinski definition) is 6. The highest BCUT2D eigenvalue weighted by atomic mass is 16.8. The smallest absolute Gasteiger partial charge is 0.335 e. The minimum atomic E-state index is -1.63. The number of H-pyrrole nitrogens is 1. The summed E-state index contributed by atoms with van der Waals surface area (Å²) >= 11 is 0. The molecule has 3 aliphatic rings. The van der Waals surface area contributed by atoms with Crippen molar-refractivity contribution in [1.29, 1.82) is 0 Å². The highest BCUT2D eigenvalue weighted by molar-refractivity contribution is 6.07. The van der Waals surface area contributed by atoms with E-state index in [2.05, 4.69) is 11.6 Å². The Labute approximate surface area is 212 Å². The number of aliphatic carboxylic acids is 1. The molecule has 0 radical (unpaired) electrons. The van der Waals surface area contributed by atoms with Gasteiger partial charge in [-0.15, -0.1) is 6.58 Å². The van der Waals surface area contributed by atoms with E-state index in [0.717, 1.165) is 40.6 Å². The Hall–Kier alpha value is -3.06. The lowest BCUT2D eigenvalue weighted by Crippen LogP contribution is -2.60. The first-order valence-corrected chi connectivity index (χ1v) is 12.1. The van der Waals surface area contributed by atoms with Crippen LogP contribution in [0.15, 0.2) is 53.7 Å². The van der Waals surface area contributed by atoms with Gasteiger partial charge in [0.2, 0.25) is 6.29 Å². The SMILES string of the molecule is C=C[C@H]1[C@H](O[C@@H]2O[C@H](CO)[C@@H](O)[C@H](O)[C@H]2O)OC=C(C(=O)O)[C@H]1CC1=NCCc2c1[nH]c1ccccc21. The van der Waals surface area contributed by atoms with Gasteiger partial charge in [-0.2, -0.15) is 0 Å². The average molecular weight is 515 g/mol. The predicted molar refractivity (Wildman–Crippen MR) is 131 cm³/mol. The summed E-state index contributed by atoms with van der Waals surface area (Å²) in [6.45, 7) is 3.82. The van der Waals surface area contributed by atoms with Crippen LogP contribution < -0.4 is 0 Å². The number of aliphatic hydroxyl groups is 4. The van der Waals surface area contributed by atoms with Gasteiger partial charge < -0.3 is 44.7 Å². The molecule has 5 rings (SSSR count). The molecule has 1 saturated heterocycles. The highest BCUT2D eigenvalue weighted by Crippen LogP contribution is 2.38. The minimum Gasteiger partial charge on any atom is -0.478 e. The van der Waals surface area contributed by atoms with E-state index in [0.29, 0.717) is 6.54 Å². The van der Waals surface area contributed by atoms with E-state index >= 15 is 0 Å². The lowest BCUT2D eigenvalue weighted by molar-refractivity contribution is -0.339. The van der Waals surface area contributed by atoms with Gasteiger partial charge in [-0.3, -0.25) is 4.99 Å². The van der Waals surface area contributed by atoms with Crippen LogP contribution in [0, 0.1) is 11.8 Å². The van der Waals surface area contributed by atoms with Crippen LogP contribution in [0.4, 0.5) is 0 Å². The van der Waals surface area contributed by atoms with Crippen molar-refractivity contribution in [2.75, 3.05) is 13.2 Å². The Kier molecular flexibility index (Phi) is 7.17. The molecule has 0 spiro atoms. The second-order valence-electron chi connectivity index (χ2n) is 9.44. The Balaban J connectivity index is 1.42. The van der Waals surface area contributed by atoms with E-state index in [-0.39, 0.29) is 12.0 Å². The fraction of sp³-hybridized carbons (Fsp3) is 0.462. The summed E-state index contributed by atoms with van der Waals surface area (Å²) in [5.41, 5.74) is 3.74. The van der Waals surface area contributed by atoms with Gasteiger partial charge in [0.25, 0.3) is 0 Å². The first-order valence-electron chi connectivity index (χ1n) is 12.1. The number of nitrogens with zero attached hydrogens (tertiary/aromatic N) is 1. The zero-order valence-corrected chi connectivity index (χ0v) is 19.9. The molecule has 37 heavy (non-hydrogen) atoms. The van der Waals surface area contributed by atoms with Crippen molar-refractivity contribution in [2.24, 2.45) is 16.8 Å². The molecule has 0 amide bonds. The first-order chi connectivity index (χ1) is 17.8. The van der Waals surface area contributed by atoms with Crippen molar-refractivity contribution in [3.05, 3.63) is 60.0 Å². The molecule has 3 aliphatic heterocycles. The fourth-order valence-electron chi connectivity index (χ4n) is 5.34. The normalized spacial score (nSPS) is 33.7. The van der Waals surface area contributed by atoms with Crippen molar-refractivity contribution >= 4 is 22.6 Å². The molecule has 1 aromatic carbocycles. The van der Waals surface area contributed by atoms with Crippen LogP contribution >= 0.6 is 0 Å². The van der Waals surface area contributed by atoms with Gasteiger partial charge in [0, 0.05) is 29.3 Å². The van der Waals surface area contributed by atoms with E-state index in [4.69, 9.17) is 19.2 Å². The number of aromatic amines is 1. The number of benzene rings is 1. The lowest BCUT2D eigenvalue weighted by atomic mass is 9.79. The van der Waals surface area contributed by atoms with Gasteiger partial charge in [-0.25, -0.2) is 4.79 Å². The number of ether oxygens (including phenoxy) is 3. The van der Waals surface area contributed by atoms with E-state index < -0.39 is 61.4 Å². The van der Waals surface area contributed by atoms with Crippen LogP contribution in [-0.2, 0) is 25.4 Å². The monoisotopic (exact) mass is 514 g/mol. The summed E-state index contributed by atoms with van der Waals surface area (Å²) in [5, 5.41) is 51.1. The largest absolute Gasteiger partial charge is 0.478 e. The number of hydrogen-bond acceptors (Lipinski definition) is 9. The second kappa shape index (κ2) is 10.4. The van der Waals surface area contributed by atoms with E-state index in [9.17, 15) is 30.3 Å². The predicted octanol–water partition coefficient (Wildman–Crippen LogP) is 0.463. The number of nitrogens with one attached hydrogen (secondary N) is 1. The van der Waals surface area contributed by atoms with Crippen LogP contribution in [0.25, 0.3) is 10.9 Å². The molecule has 4 heterocycles. The number of carboxylic acids is 1. The molecule has 1 fully saturated rings. The Morgan fingerprint density at radius 1 is 1.19 bits per heavy atom. The third-order valence-corrected chi connectivity index (χ3v) is 7.32. The van der Waals surface area contributed by atoms with E-state index in [1.54, 1.807) is 0 Å². The number of rotatable bonds is 7. The minimum absolute atomic E-state index is 0.0180. The topological polar surface area (TPSA) is 174 Å². The van der Waals surface area contributed by atoms with Crippen molar-refractivity contribution < 1.29 is 44.5 Å². The molecule has 6 N–H and O–H groups in total. The Morgan fingerprint density at radius 2 is 1.97 bits per heavy atom. The molecule has 11 nitrogen and oxygen atoms in total. The van der Waals surface area contributed by atoms with Crippen LogP contribution in [0.2, 0.25) is 0 Å². The Morgan fingerprint density at radius 3 is 2.70 bits per heavy atom. The molecular formula is C26H30N2O9. The van der Waals surface area contributed by atoms with Crippen molar-refractivity contribution in [2.45, 2.75) is 49.8 Å². The molecule has 198 valence electrons. The van der Waals surface area contributed by atoms with Crippen LogP contribution in [0.3, 0.4) is 0 Å². The number of para-hydroxylation sites is 1. The molecule has 0 saturated carbocycles. The Bertz CT molecular complexity index is 1240. The maximum Gasteiger partial charge on any atom is 0.335 e. The summed E-state index contributed by atoms with van der Waals surface area (Å²) in [5.74, 6) is -2.49. The molecule has 2 aromatic rings. The molecule has 8 atom stereocenters. The third-order valence-electron chi connectivity index (χ3n) is 7.32. The number of carbonyl (C=O) groups is 1. The summed E-state index contributed by atoms with van der Waals surface area (Å²) < 4.78 is 16.9. The van der Waals surface area contributed by atoms with Gasteiger partial charge in [-0.1, -0.05) is 24.3 Å².